The van der Waals surface area contributed by atoms with Gasteiger partial charge in [-0.3, -0.25) is 9.89 Å². The molecule has 1 saturated carbocycles. The molecule has 0 radical (unpaired) electrons. The Kier molecular flexibility index (Phi) is 9.80. The lowest BCUT2D eigenvalue weighted by atomic mass is 10.0. The Labute approximate surface area is 191 Å². The number of benzene rings is 1. The van der Waals surface area contributed by atoms with Crippen molar-refractivity contribution in [2.24, 2.45) is 4.99 Å². The fourth-order valence-electron chi connectivity index (χ4n) is 4.01. The Balaban J connectivity index is 0.00000280. The third kappa shape index (κ3) is 7.35. The molecule has 1 aliphatic carbocycles. The zero-order chi connectivity index (χ0) is 19.1. The van der Waals surface area contributed by atoms with Crippen LogP contribution >= 0.6 is 35.6 Å². The Morgan fingerprint density at radius 1 is 1.21 bits per heavy atom. The highest BCUT2D eigenvalue weighted by atomic mass is 127. The summed E-state index contributed by atoms with van der Waals surface area (Å²) < 4.78 is 0. The fourth-order valence-corrected chi connectivity index (χ4v) is 4.14. The summed E-state index contributed by atoms with van der Waals surface area (Å²) >= 11 is 5.97. The largest absolute Gasteiger partial charge is 0.388 e. The van der Waals surface area contributed by atoms with E-state index in [0.29, 0.717) is 12.6 Å². The molecule has 2 fully saturated rings. The van der Waals surface area contributed by atoms with Crippen molar-refractivity contribution in [2.45, 2.75) is 63.6 Å². The van der Waals surface area contributed by atoms with Crippen molar-refractivity contribution in [3.05, 3.63) is 34.9 Å². The standard InChI is InChI=1S/C21H33ClN4O.HI/c1-2-23-20(24-16-21(27)11-3-4-12-21)25-19-9-13-26(14-10-19)15-17-5-7-18(22)8-6-17;/h5-8,19,27H,2-4,9-16H2,1H3,(H2,23,24,25);1H. The first kappa shape index (κ1) is 23.7. The van der Waals surface area contributed by atoms with Gasteiger partial charge in [0.15, 0.2) is 5.96 Å². The lowest BCUT2D eigenvalue weighted by Gasteiger charge is -2.33. The van der Waals surface area contributed by atoms with E-state index in [1.54, 1.807) is 0 Å². The molecule has 1 aromatic rings. The molecule has 0 amide bonds. The van der Waals surface area contributed by atoms with Gasteiger partial charge in [0.1, 0.15) is 0 Å². The third-order valence-corrected chi connectivity index (χ3v) is 5.91. The molecule has 1 heterocycles. The predicted octanol–water partition coefficient (Wildman–Crippen LogP) is 3.78. The van der Waals surface area contributed by atoms with Crippen LogP contribution in [0.3, 0.4) is 0 Å². The number of likely N-dealkylation sites (tertiary alicyclic amines) is 1. The maximum absolute atomic E-state index is 10.5. The minimum Gasteiger partial charge on any atom is -0.388 e. The van der Waals surface area contributed by atoms with Crippen molar-refractivity contribution in [2.75, 3.05) is 26.2 Å². The number of guanidine groups is 1. The molecule has 5 nitrogen and oxygen atoms in total. The quantitative estimate of drug-likeness (QED) is 0.304. The molecular formula is C21H34ClIN4O. The first-order valence-electron chi connectivity index (χ1n) is 10.3. The summed E-state index contributed by atoms with van der Waals surface area (Å²) in [7, 11) is 0. The van der Waals surface area contributed by atoms with Gasteiger partial charge in [-0.1, -0.05) is 36.6 Å². The normalized spacial score (nSPS) is 20.6. The van der Waals surface area contributed by atoms with Gasteiger partial charge in [-0.25, -0.2) is 0 Å². The topological polar surface area (TPSA) is 59.9 Å². The summed E-state index contributed by atoms with van der Waals surface area (Å²) in [5, 5.41) is 18.2. The van der Waals surface area contributed by atoms with Crippen LogP contribution in [0.25, 0.3) is 0 Å². The van der Waals surface area contributed by atoms with Crippen molar-refractivity contribution in [1.82, 2.24) is 15.5 Å². The van der Waals surface area contributed by atoms with Crippen LogP contribution in [0.4, 0.5) is 0 Å². The van der Waals surface area contributed by atoms with E-state index in [-0.39, 0.29) is 24.0 Å². The third-order valence-electron chi connectivity index (χ3n) is 5.66. The van der Waals surface area contributed by atoms with E-state index >= 15 is 0 Å². The summed E-state index contributed by atoms with van der Waals surface area (Å²) in [5.74, 6) is 0.842. The van der Waals surface area contributed by atoms with Gasteiger partial charge in [0, 0.05) is 37.2 Å². The zero-order valence-electron chi connectivity index (χ0n) is 16.8. The Morgan fingerprint density at radius 3 is 2.46 bits per heavy atom. The van der Waals surface area contributed by atoms with E-state index in [4.69, 9.17) is 11.6 Å². The van der Waals surface area contributed by atoms with Crippen molar-refractivity contribution >= 4 is 41.5 Å². The molecule has 0 atom stereocenters. The van der Waals surface area contributed by atoms with E-state index in [0.717, 1.165) is 75.7 Å². The SMILES string of the molecule is CCNC(=NCC1(O)CCCC1)NC1CCN(Cc2ccc(Cl)cc2)CC1.I. The van der Waals surface area contributed by atoms with E-state index in [2.05, 4.69) is 39.6 Å². The minimum atomic E-state index is -0.593. The van der Waals surface area contributed by atoms with Crippen molar-refractivity contribution in [1.29, 1.82) is 0 Å². The highest BCUT2D eigenvalue weighted by molar-refractivity contribution is 14.0. The number of aliphatic imine (C=N–C) groups is 1. The van der Waals surface area contributed by atoms with Crippen LogP contribution in [0.2, 0.25) is 5.02 Å². The second kappa shape index (κ2) is 11.6. The minimum absolute atomic E-state index is 0. The molecule has 1 saturated heterocycles. The molecule has 7 heteroatoms. The van der Waals surface area contributed by atoms with Gasteiger partial charge in [-0.2, -0.15) is 0 Å². The van der Waals surface area contributed by atoms with Crippen molar-refractivity contribution in [3.63, 3.8) is 0 Å². The Morgan fingerprint density at radius 2 is 1.86 bits per heavy atom. The van der Waals surface area contributed by atoms with Gasteiger partial charge in [0.05, 0.1) is 12.1 Å². The van der Waals surface area contributed by atoms with Crippen LogP contribution in [0.1, 0.15) is 51.0 Å². The number of aliphatic hydroxyl groups is 1. The van der Waals surface area contributed by atoms with Gasteiger partial charge in [-0.05, 0) is 50.3 Å². The van der Waals surface area contributed by atoms with Crippen molar-refractivity contribution < 1.29 is 5.11 Å². The van der Waals surface area contributed by atoms with Gasteiger partial charge in [-0.15, -0.1) is 24.0 Å². The molecule has 0 spiro atoms. The lowest BCUT2D eigenvalue weighted by Crippen LogP contribution is -2.49. The number of nitrogens with one attached hydrogen (secondary N) is 2. The average Bonchev–Trinajstić information content (AvgIpc) is 3.10. The monoisotopic (exact) mass is 520 g/mol. The summed E-state index contributed by atoms with van der Waals surface area (Å²) in [6.07, 6.45) is 6.17. The molecular weight excluding hydrogens is 487 g/mol. The maximum atomic E-state index is 10.5. The molecule has 1 aromatic carbocycles. The van der Waals surface area contributed by atoms with Gasteiger partial charge < -0.3 is 15.7 Å². The highest BCUT2D eigenvalue weighted by Crippen LogP contribution is 2.29. The number of hydrogen-bond acceptors (Lipinski definition) is 3. The number of piperidine rings is 1. The molecule has 2 aliphatic rings. The van der Waals surface area contributed by atoms with Crippen LogP contribution in [-0.4, -0.2) is 53.8 Å². The van der Waals surface area contributed by atoms with Gasteiger partial charge in [0.2, 0.25) is 0 Å². The van der Waals surface area contributed by atoms with E-state index in [9.17, 15) is 5.11 Å². The molecule has 3 rings (SSSR count). The number of hydrogen-bond donors (Lipinski definition) is 3. The number of halogens is 2. The van der Waals surface area contributed by atoms with Crippen LogP contribution in [0.15, 0.2) is 29.3 Å². The van der Waals surface area contributed by atoms with Gasteiger partial charge >= 0.3 is 0 Å². The second-order valence-electron chi connectivity index (χ2n) is 7.95. The molecule has 28 heavy (non-hydrogen) atoms. The van der Waals surface area contributed by atoms with E-state index in [1.165, 1.54) is 5.56 Å². The van der Waals surface area contributed by atoms with Gasteiger partial charge in [0.25, 0.3) is 0 Å². The Bertz CT molecular complexity index is 611. The summed E-state index contributed by atoms with van der Waals surface area (Å²) in [6.45, 7) is 6.53. The maximum Gasteiger partial charge on any atom is 0.191 e. The molecule has 1 aliphatic heterocycles. The summed E-state index contributed by atoms with van der Waals surface area (Å²) in [6, 6.07) is 8.57. The second-order valence-corrected chi connectivity index (χ2v) is 8.38. The van der Waals surface area contributed by atoms with Crippen LogP contribution < -0.4 is 10.6 Å². The smallest absolute Gasteiger partial charge is 0.191 e. The fraction of sp³-hybridized carbons (Fsp3) is 0.667. The summed E-state index contributed by atoms with van der Waals surface area (Å²) in [4.78, 5) is 7.17. The van der Waals surface area contributed by atoms with Crippen LogP contribution in [0.5, 0.6) is 0 Å². The van der Waals surface area contributed by atoms with Crippen LogP contribution in [0, 0.1) is 0 Å². The van der Waals surface area contributed by atoms with E-state index < -0.39 is 5.60 Å². The van der Waals surface area contributed by atoms with Crippen LogP contribution in [-0.2, 0) is 6.54 Å². The van der Waals surface area contributed by atoms with Crippen molar-refractivity contribution in [3.8, 4) is 0 Å². The highest BCUT2D eigenvalue weighted by Gasteiger charge is 2.31. The average molecular weight is 521 g/mol. The molecule has 0 bridgehead atoms. The number of nitrogens with zero attached hydrogens (tertiary/aromatic N) is 2. The molecule has 0 aromatic heterocycles. The summed E-state index contributed by atoms with van der Waals surface area (Å²) in [5.41, 5.74) is 0.718. The zero-order valence-corrected chi connectivity index (χ0v) is 19.9. The molecule has 0 unspecified atom stereocenters. The first-order chi connectivity index (χ1) is 13.1. The van der Waals surface area contributed by atoms with E-state index in [1.807, 2.05) is 12.1 Å². The first-order valence-corrected chi connectivity index (χ1v) is 10.7. The molecule has 158 valence electrons. The number of rotatable bonds is 6. The predicted molar refractivity (Wildman–Crippen MR) is 128 cm³/mol. The lowest BCUT2D eigenvalue weighted by molar-refractivity contribution is 0.0573. The molecule has 3 N–H and O–H groups in total. The Hall–Kier alpha value is -0.570.